The molecule has 0 unspecified atom stereocenters. The fraction of sp³-hybridized carbons (Fsp3) is 0.118. The first-order chi connectivity index (χ1) is 11.5. The number of pyridine rings is 1. The van der Waals surface area contributed by atoms with E-state index in [-0.39, 0.29) is 0 Å². The van der Waals surface area contributed by atoms with Crippen molar-refractivity contribution in [3.63, 3.8) is 0 Å². The highest BCUT2D eigenvalue weighted by Crippen LogP contribution is 2.26. The van der Waals surface area contributed by atoms with Crippen LogP contribution >= 0.6 is 22.9 Å². The first-order valence-electron chi connectivity index (χ1n) is 7.15. The predicted molar refractivity (Wildman–Crippen MR) is 94.6 cm³/mol. The van der Waals surface area contributed by atoms with E-state index in [9.17, 15) is 9.59 Å². The fourth-order valence-electron chi connectivity index (χ4n) is 2.03. The number of hydrogen-bond donors (Lipinski definition) is 1. The molecule has 0 saturated heterocycles. The summed E-state index contributed by atoms with van der Waals surface area (Å²) in [4.78, 5) is 28.7. The van der Waals surface area contributed by atoms with Crippen LogP contribution in [-0.2, 0) is 9.53 Å². The van der Waals surface area contributed by atoms with E-state index >= 15 is 0 Å². The van der Waals surface area contributed by atoms with Gasteiger partial charge >= 0.3 is 5.97 Å². The van der Waals surface area contributed by atoms with Crippen LogP contribution in [0.2, 0.25) is 5.02 Å². The lowest BCUT2D eigenvalue weighted by atomic mass is 10.2. The van der Waals surface area contributed by atoms with E-state index in [1.54, 1.807) is 18.2 Å². The molecule has 1 atom stereocenters. The van der Waals surface area contributed by atoms with Crippen LogP contribution in [0.15, 0.2) is 48.7 Å². The summed E-state index contributed by atoms with van der Waals surface area (Å²) in [5.41, 5.74) is 0. The van der Waals surface area contributed by atoms with Gasteiger partial charge in [0.2, 0.25) is 0 Å². The number of ether oxygens (including phenoxy) is 1. The molecule has 0 aliphatic heterocycles. The molecule has 0 saturated carbocycles. The van der Waals surface area contributed by atoms with Gasteiger partial charge in [-0.05, 0) is 36.6 Å². The smallest absolute Gasteiger partial charge is 0.349 e. The van der Waals surface area contributed by atoms with Crippen LogP contribution in [0.1, 0.15) is 16.6 Å². The molecule has 0 aliphatic carbocycles. The van der Waals surface area contributed by atoms with E-state index in [1.807, 2.05) is 24.3 Å². The Morgan fingerprint density at radius 3 is 2.75 bits per heavy atom. The Hall–Kier alpha value is -2.44. The number of aromatic nitrogens is 1. The van der Waals surface area contributed by atoms with Gasteiger partial charge < -0.3 is 10.1 Å². The van der Waals surface area contributed by atoms with Crippen molar-refractivity contribution in [1.29, 1.82) is 0 Å². The summed E-state index contributed by atoms with van der Waals surface area (Å²) >= 11 is 7.07. The molecular weight excluding hydrogens is 348 g/mol. The standard InChI is InChI=1S/C17H13ClN2O3S/c1-10(16(21)20-15-7-6-12(18)9-19-15)23-17(22)14-8-11-4-2-3-5-13(11)24-14/h2-10H,1H3,(H,19,20,21)/t10-/m0/s1. The number of carbonyl (C=O) groups excluding carboxylic acids is 2. The largest absolute Gasteiger partial charge is 0.448 e. The highest BCUT2D eigenvalue weighted by molar-refractivity contribution is 7.20. The number of nitrogens with one attached hydrogen (secondary N) is 1. The SMILES string of the molecule is C[C@H](OC(=O)c1cc2ccccc2s1)C(=O)Nc1ccc(Cl)cn1. The summed E-state index contributed by atoms with van der Waals surface area (Å²) in [5, 5.41) is 4.01. The summed E-state index contributed by atoms with van der Waals surface area (Å²) in [5.74, 6) is -0.642. The Morgan fingerprint density at radius 1 is 1.25 bits per heavy atom. The normalized spacial score (nSPS) is 11.9. The van der Waals surface area contributed by atoms with Crippen LogP contribution in [0.3, 0.4) is 0 Å². The third-order valence-electron chi connectivity index (χ3n) is 3.26. The van der Waals surface area contributed by atoms with Crippen molar-refractivity contribution in [3.8, 4) is 0 Å². The summed E-state index contributed by atoms with van der Waals surface area (Å²) in [6.45, 7) is 1.51. The Kier molecular flexibility index (Phi) is 4.78. The predicted octanol–water partition coefficient (Wildman–Crippen LogP) is 4.13. The lowest BCUT2D eigenvalue weighted by Crippen LogP contribution is -2.30. The molecule has 24 heavy (non-hydrogen) atoms. The first-order valence-corrected chi connectivity index (χ1v) is 8.34. The number of thiophene rings is 1. The van der Waals surface area contributed by atoms with Crippen LogP contribution in [-0.4, -0.2) is 23.0 Å². The van der Waals surface area contributed by atoms with Crippen LogP contribution in [0.5, 0.6) is 0 Å². The van der Waals surface area contributed by atoms with Crippen molar-refractivity contribution < 1.29 is 14.3 Å². The molecule has 122 valence electrons. The average Bonchev–Trinajstić information content (AvgIpc) is 3.01. The zero-order valence-corrected chi connectivity index (χ0v) is 14.2. The van der Waals surface area contributed by atoms with Crippen LogP contribution in [0, 0.1) is 0 Å². The van der Waals surface area contributed by atoms with E-state index in [2.05, 4.69) is 10.3 Å². The minimum absolute atomic E-state index is 0.342. The summed E-state index contributed by atoms with van der Waals surface area (Å²) < 4.78 is 6.22. The van der Waals surface area contributed by atoms with E-state index < -0.39 is 18.0 Å². The Labute approximate surface area is 147 Å². The number of anilines is 1. The van der Waals surface area contributed by atoms with Gasteiger partial charge in [0, 0.05) is 10.9 Å². The van der Waals surface area contributed by atoms with Crippen molar-refractivity contribution in [2.75, 3.05) is 5.32 Å². The highest BCUT2D eigenvalue weighted by atomic mass is 35.5. The first kappa shape index (κ1) is 16.4. The number of amides is 1. The van der Waals surface area contributed by atoms with Gasteiger partial charge in [-0.3, -0.25) is 4.79 Å². The number of hydrogen-bond acceptors (Lipinski definition) is 5. The number of nitrogens with zero attached hydrogens (tertiary/aromatic N) is 1. The molecule has 0 spiro atoms. The van der Waals surface area contributed by atoms with Gasteiger partial charge in [0.1, 0.15) is 10.7 Å². The third kappa shape index (κ3) is 3.72. The van der Waals surface area contributed by atoms with Gasteiger partial charge in [0.05, 0.1) is 5.02 Å². The minimum Gasteiger partial charge on any atom is -0.448 e. The molecule has 3 rings (SSSR count). The van der Waals surface area contributed by atoms with Gasteiger partial charge in [0.15, 0.2) is 6.10 Å². The number of halogens is 1. The number of benzene rings is 1. The quantitative estimate of drug-likeness (QED) is 0.710. The molecule has 2 aromatic heterocycles. The van der Waals surface area contributed by atoms with Gasteiger partial charge in [-0.1, -0.05) is 29.8 Å². The molecule has 1 aromatic carbocycles. The number of rotatable bonds is 4. The average molecular weight is 361 g/mol. The van der Waals surface area contributed by atoms with Crippen molar-refractivity contribution in [1.82, 2.24) is 4.98 Å². The van der Waals surface area contributed by atoms with Crippen LogP contribution in [0.4, 0.5) is 5.82 Å². The van der Waals surface area contributed by atoms with Crippen molar-refractivity contribution in [3.05, 3.63) is 58.6 Å². The summed E-state index contributed by atoms with van der Waals surface area (Å²) in [6.07, 6.45) is 0.477. The second-order valence-corrected chi connectivity index (χ2v) is 6.57. The van der Waals surface area contributed by atoms with Gasteiger partial charge in [0.25, 0.3) is 5.91 Å². The molecule has 1 N–H and O–H groups in total. The van der Waals surface area contributed by atoms with Crippen molar-refractivity contribution in [2.45, 2.75) is 13.0 Å². The molecule has 5 nitrogen and oxygen atoms in total. The van der Waals surface area contributed by atoms with E-state index in [0.29, 0.717) is 15.7 Å². The molecular formula is C17H13ClN2O3S. The molecule has 3 aromatic rings. The lowest BCUT2D eigenvalue weighted by Gasteiger charge is -2.12. The topological polar surface area (TPSA) is 68.3 Å². The molecule has 0 bridgehead atoms. The van der Waals surface area contributed by atoms with Crippen molar-refractivity contribution >= 4 is 50.7 Å². The Bertz CT molecular complexity index is 859. The van der Waals surface area contributed by atoms with Crippen molar-refractivity contribution in [2.24, 2.45) is 0 Å². The lowest BCUT2D eigenvalue weighted by molar-refractivity contribution is -0.123. The zero-order valence-electron chi connectivity index (χ0n) is 12.7. The molecule has 1 amide bonds. The maximum Gasteiger partial charge on any atom is 0.349 e. The minimum atomic E-state index is -0.944. The fourth-order valence-corrected chi connectivity index (χ4v) is 3.09. The van der Waals surface area contributed by atoms with Gasteiger partial charge in [-0.25, -0.2) is 9.78 Å². The second-order valence-electron chi connectivity index (χ2n) is 5.05. The number of fused-ring (bicyclic) bond motifs is 1. The Morgan fingerprint density at radius 2 is 2.04 bits per heavy atom. The molecule has 0 fully saturated rings. The molecule has 2 heterocycles. The zero-order chi connectivity index (χ0) is 17.1. The number of esters is 1. The molecule has 0 radical (unpaired) electrons. The van der Waals surface area contributed by atoms with E-state index in [1.165, 1.54) is 24.5 Å². The molecule has 0 aliphatic rings. The molecule has 7 heteroatoms. The monoisotopic (exact) mass is 360 g/mol. The van der Waals surface area contributed by atoms with Crippen LogP contribution < -0.4 is 5.32 Å². The highest BCUT2D eigenvalue weighted by Gasteiger charge is 2.20. The van der Waals surface area contributed by atoms with Gasteiger partial charge in [-0.15, -0.1) is 11.3 Å². The van der Waals surface area contributed by atoms with Crippen LogP contribution in [0.25, 0.3) is 10.1 Å². The number of carbonyl (C=O) groups is 2. The van der Waals surface area contributed by atoms with E-state index in [0.717, 1.165) is 10.1 Å². The maximum absolute atomic E-state index is 12.2. The maximum atomic E-state index is 12.2. The Balaban J connectivity index is 1.64. The third-order valence-corrected chi connectivity index (χ3v) is 4.58. The summed E-state index contributed by atoms with van der Waals surface area (Å²) in [6, 6.07) is 12.6. The summed E-state index contributed by atoms with van der Waals surface area (Å²) in [7, 11) is 0. The van der Waals surface area contributed by atoms with E-state index in [4.69, 9.17) is 16.3 Å². The van der Waals surface area contributed by atoms with Gasteiger partial charge in [-0.2, -0.15) is 0 Å². The second kappa shape index (κ2) is 6.98.